The molecule has 0 spiro atoms. The second-order valence-electron chi connectivity index (χ2n) is 13.3. The number of oxime groups is 1. The monoisotopic (exact) mass is 757 g/mol. The zero-order valence-electron chi connectivity index (χ0n) is 28.4. The third-order valence-electron chi connectivity index (χ3n) is 9.34. The number of carboxylic acid groups (broad SMARTS) is 2. The van der Waals surface area contributed by atoms with Crippen LogP contribution < -0.4 is 16.5 Å². The first-order valence-electron chi connectivity index (χ1n) is 16.3. The van der Waals surface area contributed by atoms with Crippen LogP contribution in [0.1, 0.15) is 45.0 Å². The molecule has 0 radical (unpaired) electrons. The number of nitrogens with zero attached hydrogens (tertiary/aromatic N) is 6. The number of thiazole rings is 1. The Balaban J connectivity index is 1.26. The lowest BCUT2D eigenvalue weighted by Gasteiger charge is -2.50. The van der Waals surface area contributed by atoms with Gasteiger partial charge in [-0.15, -0.1) is 23.1 Å². The van der Waals surface area contributed by atoms with Crippen LogP contribution in [0.3, 0.4) is 0 Å². The number of carbonyl (C=O) groups excluding carboxylic acids is 2. The van der Waals surface area contributed by atoms with Crippen molar-refractivity contribution < 1.29 is 48.9 Å². The maximum atomic E-state index is 13.7. The van der Waals surface area contributed by atoms with E-state index in [2.05, 4.69) is 20.6 Å². The number of aromatic nitrogens is 3. The van der Waals surface area contributed by atoms with Gasteiger partial charge in [0.1, 0.15) is 35.9 Å². The highest BCUT2D eigenvalue weighted by Gasteiger charge is 2.55. The molecule has 3 aliphatic heterocycles. The number of benzene rings is 1. The van der Waals surface area contributed by atoms with Crippen LogP contribution in [-0.2, 0) is 37.1 Å². The van der Waals surface area contributed by atoms with Crippen LogP contribution in [0.2, 0.25) is 0 Å². The van der Waals surface area contributed by atoms with Crippen molar-refractivity contribution in [3.63, 3.8) is 0 Å². The number of nitrogen functional groups attached to an aromatic ring is 1. The summed E-state index contributed by atoms with van der Waals surface area (Å²) in [5, 5.41) is 51.9. The number of nitrogens with two attached hydrogens (primary N) is 1. The van der Waals surface area contributed by atoms with Gasteiger partial charge in [0, 0.05) is 42.2 Å². The number of phenolic OH excluding ortho intramolecular Hbond substituents is 2. The van der Waals surface area contributed by atoms with Crippen molar-refractivity contribution in [2.75, 3.05) is 31.1 Å². The van der Waals surface area contributed by atoms with Crippen molar-refractivity contribution in [1.82, 2.24) is 25.0 Å². The zero-order valence-corrected chi connectivity index (χ0v) is 30.0. The Kier molecular flexibility index (Phi) is 9.66. The van der Waals surface area contributed by atoms with Gasteiger partial charge in [-0.25, -0.2) is 14.6 Å². The largest absolute Gasteiger partial charge is 0.504 e. The minimum atomic E-state index is -1.80. The number of nitrogens with one attached hydrogen (secondary N) is 1. The van der Waals surface area contributed by atoms with Gasteiger partial charge in [0.25, 0.3) is 11.8 Å². The number of aromatic hydroxyl groups is 2. The van der Waals surface area contributed by atoms with Gasteiger partial charge in [-0.3, -0.25) is 24.0 Å². The number of likely N-dealkylation sites (tertiary alicyclic amines) is 1. The number of carboxylic acids is 2. The molecule has 2 atom stereocenters. The molecule has 276 valence electrons. The van der Waals surface area contributed by atoms with E-state index in [0.717, 1.165) is 29.1 Å². The Morgan fingerprint density at radius 2 is 1.83 bits per heavy atom. The number of aliphatic carboxylic acids is 2. The standard InChI is InChI=1S/C32H36N8O10S2/c1-4-38-19-10-21(42)20(41)9-16(19)25(43)17(36-38)12-40(7-5-6-8-40)11-15-13-51-28-23(27(45)39(28)24(15)29(46)47)35-26(44)22(18-14-52-31(33)34-18)37-50-32(2,3)30(48)49/h9-10,14,23,28H,4-8,11-13H2,1-3H3,(H6-,33,34,35,36,37,41,42,43,44,46,47,48,49)/p+1/t23-,28-/m1/s1. The van der Waals surface area contributed by atoms with Crippen molar-refractivity contribution in [2.24, 2.45) is 5.16 Å². The van der Waals surface area contributed by atoms with E-state index in [-0.39, 0.29) is 52.2 Å². The highest BCUT2D eigenvalue weighted by Crippen LogP contribution is 2.42. The third-order valence-corrected chi connectivity index (χ3v) is 11.4. The summed E-state index contributed by atoms with van der Waals surface area (Å²) in [7, 11) is 0. The molecule has 0 aliphatic carbocycles. The fourth-order valence-corrected chi connectivity index (χ4v) is 8.50. The molecule has 0 bridgehead atoms. The molecule has 3 aromatic rings. The second-order valence-corrected chi connectivity index (χ2v) is 15.3. The number of quaternary nitrogens is 1. The first kappa shape index (κ1) is 36.6. The van der Waals surface area contributed by atoms with Crippen LogP contribution in [-0.4, -0.2) is 116 Å². The topological polar surface area (TPSA) is 260 Å². The number of rotatable bonds is 12. The molecule has 20 heteroatoms. The molecule has 6 rings (SSSR count). The predicted octanol–water partition coefficient (Wildman–Crippen LogP) is 1.000. The number of hydrogen-bond acceptors (Lipinski definition) is 14. The molecule has 3 aliphatic rings. The zero-order chi connectivity index (χ0) is 37.7. The molecule has 18 nitrogen and oxygen atoms in total. The van der Waals surface area contributed by atoms with Gasteiger partial charge >= 0.3 is 11.9 Å². The number of aryl methyl sites for hydroxylation is 1. The van der Waals surface area contributed by atoms with E-state index >= 15 is 0 Å². The molecular weight excluding hydrogens is 721 g/mol. The van der Waals surface area contributed by atoms with Crippen molar-refractivity contribution in [1.29, 1.82) is 0 Å². The van der Waals surface area contributed by atoms with E-state index in [1.54, 1.807) is 4.68 Å². The highest BCUT2D eigenvalue weighted by atomic mass is 32.2. The summed E-state index contributed by atoms with van der Waals surface area (Å²) in [5.41, 5.74) is 4.03. The molecule has 5 heterocycles. The number of amides is 2. The van der Waals surface area contributed by atoms with Crippen LogP contribution >= 0.6 is 23.1 Å². The summed E-state index contributed by atoms with van der Waals surface area (Å²) in [6.07, 6.45) is 1.66. The molecule has 2 amide bonds. The summed E-state index contributed by atoms with van der Waals surface area (Å²) < 4.78 is 1.90. The smallest absolute Gasteiger partial charge is 0.352 e. The normalized spacial score (nSPS) is 20.1. The van der Waals surface area contributed by atoms with E-state index in [1.165, 1.54) is 43.1 Å². The Bertz CT molecular complexity index is 2120. The molecule has 52 heavy (non-hydrogen) atoms. The first-order valence-corrected chi connectivity index (χ1v) is 18.2. The summed E-state index contributed by atoms with van der Waals surface area (Å²) in [6.45, 7) is 6.36. The Labute approximate surface area is 303 Å². The fourth-order valence-electron chi connectivity index (χ4n) is 6.62. The van der Waals surface area contributed by atoms with Crippen LogP contribution in [0.15, 0.2) is 38.7 Å². The molecule has 2 fully saturated rings. The quantitative estimate of drug-likeness (QED) is 0.0496. The van der Waals surface area contributed by atoms with Crippen molar-refractivity contribution in [3.05, 3.63) is 50.4 Å². The number of β-lactam (4-membered cyclic amide) rings is 1. The Morgan fingerprint density at radius 1 is 1.13 bits per heavy atom. The summed E-state index contributed by atoms with van der Waals surface area (Å²) in [6, 6.07) is 1.38. The molecule has 7 N–H and O–H groups in total. The maximum absolute atomic E-state index is 13.7. The minimum absolute atomic E-state index is 0.00398. The third kappa shape index (κ3) is 6.63. The predicted molar refractivity (Wildman–Crippen MR) is 188 cm³/mol. The van der Waals surface area contributed by atoms with Crippen LogP contribution in [0.25, 0.3) is 10.9 Å². The fraction of sp³-hybridized carbons (Fsp3) is 0.438. The maximum Gasteiger partial charge on any atom is 0.352 e. The molecule has 2 aromatic heterocycles. The average molecular weight is 758 g/mol. The number of fused-ring (bicyclic) bond motifs is 2. The number of thioether (sulfide) groups is 1. The number of anilines is 1. The molecule has 0 unspecified atom stereocenters. The van der Waals surface area contributed by atoms with Gasteiger partial charge in [0.2, 0.25) is 11.0 Å². The highest BCUT2D eigenvalue weighted by molar-refractivity contribution is 8.00. The van der Waals surface area contributed by atoms with Crippen molar-refractivity contribution in [2.45, 2.75) is 63.7 Å². The Morgan fingerprint density at radius 3 is 2.44 bits per heavy atom. The molecular formula is C32H37N8O10S2+. The van der Waals surface area contributed by atoms with Gasteiger partial charge in [-0.05, 0) is 26.8 Å². The number of phenols is 2. The first-order chi connectivity index (χ1) is 24.6. The summed E-state index contributed by atoms with van der Waals surface area (Å²) >= 11 is 2.28. The van der Waals surface area contributed by atoms with E-state index in [9.17, 15) is 44.4 Å². The number of hydrogen-bond donors (Lipinski definition) is 6. The minimum Gasteiger partial charge on any atom is -0.504 e. The SMILES string of the molecule is CCn1nc(C[N+]2(CC3=C(C(=O)O)N4C(=O)[C@@H](NC(=O)/C(=N\OC(C)(C)C(=O)O)c5csc(N)n5)[C@H]4SC3)CCCC2)c(=O)c2cc(O)c(O)cc21. The van der Waals surface area contributed by atoms with Gasteiger partial charge < -0.3 is 40.8 Å². The van der Waals surface area contributed by atoms with E-state index in [0.29, 0.717) is 35.2 Å². The lowest BCUT2D eigenvalue weighted by molar-refractivity contribution is -0.925. The number of carbonyl (C=O) groups is 4. The summed E-state index contributed by atoms with van der Waals surface area (Å²) in [4.78, 5) is 75.4. The molecule has 0 saturated carbocycles. The van der Waals surface area contributed by atoms with Crippen molar-refractivity contribution >= 4 is 68.6 Å². The average Bonchev–Trinajstić information content (AvgIpc) is 3.74. The van der Waals surface area contributed by atoms with Gasteiger partial charge in [-0.1, -0.05) is 5.16 Å². The van der Waals surface area contributed by atoms with Gasteiger partial charge in [0.15, 0.2) is 28.0 Å². The van der Waals surface area contributed by atoms with Crippen LogP contribution in [0, 0.1) is 0 Å². The van der Waals surface area contributed by atoms with E-state index < -0.39 is 57.7 Å². The second kappa shape index (κ2) is 13.7. The van der Waals surface area contributed by atoms with E-state index in [4.69, 9.17) is 10.6 Å². The lowest BCUT2D eigenvalue weighted by Crippen LogP contribution is -2.71. The Hall–Kier alpha value is -5.21. The molecule has 1 aromatic carbocycles. The van der Waals surface area contributed by atoms with Gasteiger partial charge in [0.05, 0.1) is 24.0 Å². The lowest BCUT2D eigenvalue weighted by atomic mass is 10.0. The van der Waals surface area contributed by atoms with Gasteiger partial charge in [-0.2, -0.15) is 5.10 Å². The van der Waals surface area contributed by atoms with Crippen LogP contribution in [0.4, 0.5) is 5.13 Å². The van der Waals surface area contributed by atoms with E-state index in [1.807, 2.05) is 6.92 Å². The van der Waals surface area contributed by atoms with Crippen molar-refractivity contribution in [3.8, 4) is 11.5 Å². The van der Waals surface area contributed by atoms with Crippen LogP contribution in [0.5, 0.6) is 11.5 Å². The summed E-state index contributed by atoms with van der Waals surface area (Å²) in [5.74, 6) is -4.80. The molecule has 2 saturated heterocycles.